The van der Waals surface area contributed by atoms with Crippen LogP contribution in [0.15, 0.2) is 48.5 Å². The van der Waals surface area contributed by atoms with Gasteiger partial charge in [0.05, 0.1) is 18.2 Å². The van der Waals surface area contributed by atoms with Crippen molar-refractivity contribution in [3.63, 3.8) is 0 Å². The van der Waals surface area contributed by atoms with E-state index in [9.17, 15) is 10.1 Å². The summed E-state index contributed by atoms with van der Waals surface area (Å²) in [5, 5.41) is 12.0. The van der Waals surface area contributed by atoms with Crippen molar-refractivity contribution in [3.8, 4) is 28.3 Å². The number of amides is 1. The van der Waals surface area contributed by atoms with Gasteiger partial charge in [0.1, 0.15) is 5.69 Å². The summed E-state index contributed by atoms with van der Waals surface area (Å²) in [5.74, 6) is -0.221. The Labute approximate surface area is 164 Å². The van der Waals surface area contributed by atoms with Crippen molar-refractivity contribution in [1.82, 2.24) is 9.88 Å². The average Bonchev–Trinajstić information content (AvgIpc) is 3.04. The zero-order valence-corrected chi connectivity index (χ0v) is 16.1. The molecule has 5 nitrogen and oxygen atoms in total. The number of hydrogen-bond acceptors (Lipinski definition) is 2. The van der Waals surface area contributed by atoms with E-state index in [0.29, 0.717) is 28.9 Å². The lowest BCUT2D eigenvalue weighted by Crippen LogP contribution is -2.22. The van der Waals surface area contributed by atoms with Gasteiger partial charge in [0, 0.05) is 25.4 Å². The SMILES string of the molecule is [C-]#[N+]c1c(-c2ccc(-c3ccccc3C#N)cc2)c(C(=O)NC)n(C)c1CC. The van der Waals surface area contributed by atoms with Crippen LogP contribution in [0.25, 0.3) is 27.1 Å². The van der Waals surface area contributed by atoms with Crippen LogP contribution in [0.4, 0.5) is 5.69 Å². The molecule has 0 atom stereocenters. The first-order valence-electron chi connectivity index (χ1n) is 8.98. The molecule has 1 amide bonds. The van der Waals surface area contributed by atoms with Crippen LogP contribution >= 0.6 is 0 Å². The summed E-state index contributed by atoms with van der Waals surface area (Å²) in [4.78, 5) is 16.3. The Balaban J connectivity index is 2.19. The summed E-state index contributed by atoms with van der Waals surface area (Å²) in [7, 11) is 3.41. The lowest BCUT2D eigenvalue weighted by atomic mass is 9.96. The largest absolute Gasteiger partial charge is 0.354 e. The van der Waals surface area contributed by atoms with E-state index in [2.05, 4.69) is 16.2 Å². The highest BCUT2D eigenvalue weighted by molar-refractivity contribution is 6.04. The summed E-state index contributed by atoms with van der Waals surface area (Å²) in [6, 6.07) is 17.3. The molecule has 138 valence electrons. The second-order valence-corrected chi connectivity index (χ2v) is 6.36. The van der Waals surface area contributed by atoms with Gasteiger partial charge < -0.3 is 9.88 Å². The number of nitriles is 1. The van der Waals surface area contributed by atoms with Gasteiger partial charge in [-0.25, -0.2) is 4.85 Å². The number of carbonyl (C=O) groups is 1. The number of rotatable bonds is 4. The first-order valence-corrected chi connectivity index (χ1v) is 8.98. The Morgan fingerprint density at radius 3 is 2.39 bits per heavy atom. The summed E-state index contributed by atoms with van der Waals surface area (Å²) in [5.41, 5.74) is 5.66. The van der Waals surface area contributed by atoms with Crippen molar-refractivity contribution < 1.29 is 4.79 Å². The fraction of sp³-hybridized carbons (Fsp3) is 0.174. The molecule has 0 saturated carbocycles. The zero-order valence-electron chi connectivity index (χ0n) is 16.1. The maximum absolute atomic E-state index is 12.5. The van der Waals surface area contributed by atoms with Crippen LogP contribution in [0.3, 0.4) is 0 Å². The topological polar surface area (TPSA) is 62.2 Å². The number of aromatic nitrogens is 1. The van der Waals surface area contributed by atoms with E-state index < -0.39 is 0 Å². The van der Waals surface area contributed by atoms with Gasteiger partial charge >= 0.3 is 0 Å². The third-order valence-corrected chi connectivity index (χ3v) is 4.91. The highest BCUT2D eigenvalue weighted by atomic mass is 16.1. The van der Waals surface area contributed by atoms with Crippen molar-refractivity contribution >= 4 is 11.6 Å². The highest BCUT2D eigenvalue weighted by Gasteiger charge is 2.25. The minimum atomic E-state index is -0.221. The van der Waals surface area contributed by atoms with Gasteiger partial charge in [-0.1, -0.05) is 49.4 Å². The first kappa shape index (κ1) is 18.9. The van der Waals surface area contributed by atoms with Crippen molar-refractivity contribution in [1.29, 1.82) is 5.26 Å². The maximum Gasteiger partial charge on any atom is 0.266 e. The summed E-state index contributed by atoms with van der Waals surface area (Å²) in [6.45, 7) is 9.64. The summed E-state index contributed by atoms with van der Waals surface area (Å²) >= 11 is 0. The first-order chi connectivity index (χ1) is 13.6. The molecule has 0 aliphatic carbocycles. The van der Waals surface area contributed by atoms with Crippen molar-refractivity contribution in [2.45, 2.75) is 13.3 Å². The normalized spacial score (nSPS) is 10.2. The van der Waals surface area contributed by atoms with Gasteiger partial charge in [-0.05, 0) is 29.2 Å². The molecule has 0 saturated heterocycles. The fourth-order valence-electron chi connectivity index (χ4n) is 3.55. The average molecular weight is 368 g/mol. The Kier molecular flexibility index (Phi) is 5.29. The smallest absolute Gasteiger partial charge is 0.266 e. The third kappa shape index (κ3) is 3.04. The predicted octanol–water partition coefficient (Wildman–Crippen LogP) is 4.70. The zero-order chi connectivity index (χ0) is 20.3. The minimum Gasteiger partial charge on any atom is -0.354 e. The van der Waals surface area contributed by atoms with Gasteiger partial charge in [-0.15, -0.1) is 0 Å². The van der Waals surface area contributed by atoms with Gasteiger partial charge in [0.25, 0.3) is 5.91 Å². The quantitative estimate of drug-likeness (QED) is 0.678. The number of hydrogen-bond donors (Lipinski definition) is 1. The van der Waals surface area contributed by atoms with E-state index in [1.807, 2.05) is 56.4 Å². The maximum atomic E-state index is 12.5. The van der Waals surface area contributed by atoms with Crippen molar-refractivity contribution in [2.75, 3.05) is 7.05 Å². The number of benzene rings is 2. The molecule has 1 N–H and O–H groups in total. The van der Waals surface area contributed by atoms with E-state index in [1.54, 1.807) is 17.7 Å². The number of nitrogens with zero attached hydrogens (tertiary/aromatic N) is 3. The van der Waals surface area contributed by atoms with Crippen molar-refractivity contribution in [3.05, 3.63) is 76.9 Å². The standard InChI is InChI=1S/C23H20N4O/c1-5-19-21(25-2)20(22(27(19)4)23(28)26-3)16-12-10-15(11-13-16)18-9-7-6-8-17(18)14-24/h6-13H,5H2,1,3-4H3,(H,26,28). The molecular weight excluding hydrogens is 348 g/mol. The molecule has 0 unspecified atom stereocenters. The van der Waals surface area contributed by atoms with Gasteiger partial charge in [-0.3, -0.25) is 4.79 Å². The molecule has 0 aliphatic heterocycles. The van der Waals surface area contributed by atoms with Gasteiger partial charge in [-0.2, -0.15) is 5.26 Å². The fourth-order valence-corrected chi connectivity index (χ4v) is 3.55. The van der Waals surface area contributed by atoms with Crippen LogP contribution in [0.2, 0.25) is 0 Å². The monoisotopic (exact) mass is 368 g/mol. The molecular formula is C23H20N4O. The molecule has 1 aromatic heterocycles. The second-order valence-electron chi connectivity index (χ2n) is 6.36. The molecule has 5 heteroatoms. The second kappa shape index (κ2) is 7.82. The van der Waals surface area contributed by atoms with Crippen LogP contribution in [-0.2, 0) is 13.5 Å². The van der Waals surface area contributed by atoms with Gasteiger partial charge in [0.2, 0.25) is 5.69 Å². The number of carbonyl (C=O) groups excluding carboxylic acids is 1. The van der Waals surface area contributed by atoms with E-state index in [1.165, 1.54) is 0 Å². The molecule has 28 heavy (non-hydrogen) atoms. The molecule has 0 spiro atoms. The third-order valence-electron chi connectivity index (χ3n) is 4.91. The summed E-state index contributed by atoms with van der Waals surface area (Å²) < 4.78 is 1.81. The molecule has 3 aromatic rings. The lowest BCUT2D eigenvalue weighted by molar-refractivity contribution is 0.0955. The Hall–Kier alpha value is -3.83. The van der Waals surface area contributed by atoms with E-state index in [-0.39, 0.29) is 5.91 Å². The predicted molar refractivity (Wildman–Crippen MR) is 110 cm³/mol. The highest BCUT2D eigenvalue weighted by Crippen LogP contribution is 2.40. The molecule has 2 aromatic carbocycles. The van der Waals surface area contributed by atoms with Crippen LogP contribution in [0.5, 0.6) is 0 Å². The van der Waals surface area contributed by atoms with E-state index in [4.69, 9.17) is 6.57 Å². The molecule has 0 radical (unpaired) electrons. The van der Waals surface area contributed by atoms with Crippen LogP contribution < -0.4 is 5.32 Å². The van der Waals surface area contributed by atoms with Crippen LogP contribution in [-0.4, -0.2) is 17.5 Å². The van der Waals surface area contributed by atoms with Crippen LogP contribution in [0.1, 0.15) is 28.7 Å². The molecule has 0 fully saturated rings. The molecule has 1 heterocycles. The lowest BCUT2D eigenvalue weighted by Gasteiger charge is -2.09. The Morgan fingerprint density at radius 1 is 1.18 bits per heavy atom. The molecule has 0 aliphatic rings. The van der Waals surface area contributed by atoms with Crippen molar-refractivity contribution in [2.24, 2.45) is 7.05 Å². The Bertz CT molecular complexity index is 1130. The van der Waals surface area contributed by atoms with Gasteiger partial charge in [0.15, 0.2) is 0 Å². The number of nitrogens with one attached hydrogen (secondary N) is 1. The van der Waals surface area contributed by atoms with E-state index >= 15 is 0 Å². The van der Waals surface area contributed by atoms with E-state index in [0.717, 1.165) is 22.4 Å². The van der Waals surface area contributed by atoms with Crippen LogP contribution in [0, 0.1) is 17.9 Å². The Morgan fingerprint density at radius 2 is 1.82 bits per heavy atom. The molecule has 0 bridgehead atoms. The molecule has 3 rings (SSSR count). The summed E-state index contributed by atoms with van der Waals surface area (Å²) in [6.07, 6.45) is 0.659. The minimum absolute atomic E-state index is 0.221.